The topological polar surface area (TPSA) is 26.3 Å². The zero-order chi connectivity index (χ0) is 14.8. The molecule has 0 fully saturated rings. The molecule has 0 unspecified atom stereocenters. The average Bonchev–Trinajstić information content (AvgIpc) is 2.95. The number of Topliss-reactive ketones (excluding diaryl/α,β-unsaturated/α-hetero) is 1. The van der Waals surface area contributed by atoms with E-state index in [1.54, 1.807) is 0 Å². The molecular formula is C18H17BrO2. The second kappa shape index (κ2) is 6.02. The number of halogens is 1. The molecule has 0 saturated heterocycles. The monoisotopic (exact) mass is 344 g/mol. The molecule has 3 heteroatoms. The second-order valence-electron chi connectivity index (χ2n) is 5.40. The Bertz CT molecular complexity index is 692. The quantitative estimate of drug-likeness (QED) is 0.763. The highest BCUT2D eigenvalue weighted by Crippen LogP contribution is 2.27. The lowest BCUT2D eigenvalue weighted by atomic mass is 10.00. The van der Waals surface area contributed by atoms with Crippen molar-refractivity contribution in [2.45, 2.75) is 26.2 Å². The first-order valence-electron chi connectivity index (χ1n) is 7.18. The van der Waals surface area contributed by atoms with Gasteiger partial charge in [-0.25, -0.2) is 0 Å². The van der Waals surface area contributed by atoms with E-state index < -0.39 is 0 Å². The normalized spacial score (nSPS) is 12.9. The summed E-state index contributed by atoms with van der Waals surface area (Å²) < 4.78 is 6.42. The number of carbonyl (C=O) groups is 1. The average molecular weight is 345 g/mol. The maximum atomic E-state index is 12.4. The van der Waals surface area contributed by atoms with Crippen molar-refractivity contribution < 1.29 is 9.53 Å². The Labute approximate surface area is 133 Å². The fraction of sp³-hybridized carbons (Fsp3) is 0.278. The van der Waals surface area contributed by atoms with E-state index in [-0.39, 0.29) is 5.78 Å². The van der Waals surface area contributed by atoms with E-state index in [0.717, 1.165) is 40.8 Å². The van der Waals surface area contributed by atoms with Crippen LogP contribution in [0.5, 0.6) is 5.75 Å². The highest BCUT2D eigenvalue weighted by molar-refractivity contribution is 9.10. The standard InChI is InChI=1S/C18H17BrO2/c1-12-3-2-4-15(18(12)19)16(20)7-5-13-6-8-17-14(11-13)9-10-21-17/h2-4,6,8,11H,5,7,9-10H2,1H3. The Hall–Kier alpha value is -1.61. The van der Waals surface area contributed by atoms with E-state index in [2.05, 4.69) is 28.1 Å². The highest BCUT2D eigenvalue weighted by Gasteiger charge is 2.14. The number of aryl methyl sites for hydroxylation is 2. The number of hydrogen-bond acceptors (Lipinski definition) is 2. The molecule has 108 valence electrons. The van der Waals surface area contributed by atoms with Crippen LogP contribution in [0, 0.1) is 6.92 Å². The third kappa shape index (κ3) is 3.03. The van der Waals surface area contributed by atoms with Crippen molar-refractivity contribution >= 4 is 21.7 Å². The van der Waals surface area contributed by atoms with Gasteiger partial charge in [0, 0.05) is 22.9 Å². The number of rotatable bonds is 4. The lowest BCUT2D eigenvalue weighted by Gasteiger charge is -2.07. The molecule has 0 N–H and O–H groups in total. The first-order chi connectivity index (χ1) is 10.1. The van der Waals surface area contributed by atoms with Crippen molar-refractivity contribution in [1.29, 1.82) is 0 Å². The number of ether oxygens (including phenoxy) is 1. The maximum Gasteiger partial charge on any atom is 0.164 e. The van der Waals surface area contributed by atoms with Gasteiger partial charge >= 0.3 is 0 Å². The van der Waals surface area contributed by atoms with Gasteiger partial charge in [0.1, 0.15) is 5.75 Å². The van der Waals surface area contributed by atoms with Crippen molar-refractivity contribution in [1.82, 2.24) is 0 Å². The summed E-state index contributed by atoms with van der Waals surface area (Å²) in [7, 11) is 0. The van der Waals surface area contributed by atoms with Gasteiger partial charge in [0.2, 0.25) is 0 Å². The Morgan fingerprint density at radius 1 is 1.29 bits per heavy atom. The number of ketones is 1. The molecule has 0 amide bonds. The molecule has 0 bridgehead atoms. The summed E-state index contributed by atoms with van der Waals surface area (Å²) >= 11 is 3.51. The van der Waals surface area contributed by atoms with Crippen molar-refractivity contribution in [3.8, 4) is 5.75 Å². The zero-order valence-corrected chi connectivity index (χ0v) is 13.6. The fourth-order valence-electron chi connectivity index (χ4n) is 2.65. The molecule has 0 saturated carbocycles. The maximum absolute atomic E-state index is 12.4. The lowest BCUT2D eigenvalue weighted by molar-refractivity contribution is 0.0982. The van der Waals surface area contributed by atoms with E-state index in [1.165, 1.54) is 11.1 Å². The second-order valence-corrected chi connectivity index (χ2v) is 6.19. The summed E-state index contributed by atoms with van der Waals surface area (Å²) in [4.78, 5) is 12.4. The predicted molar refractivity (Wildman–Crippen MR) is 87.2 cm³/mol. The minimum Gasteiger partial charge on any atom is -0.493 e. The lowest BCUT2D eigenvalue weighted by Crippen LogP contribution is -2.03. The van der Waals surface area contributed by atoms with E-state index in [1.807, 2.05) is 31.2 Å². The Kier molecular flexibility index (Phi) is 4.11. The van der Waals surface area contributed by atoms with Crippen LogP contribution in [0.2, 0.25) is 0 Å². The Balaban J connectivity index is 1.70. The van der Waals surface area contributed by atoms with Crippen molar-refractivity contribution in [2.24, 2.45) is 0 Å². The van der Waals surface area contributed by atoms with Gasteiger partial charge in [0.05, 0.1) is 6.61 Å². The van der Waals surface area contributed by atoms with Crippen LogP contribution >= 0.6 is 15.9 Å². The molecule has 3 rings (SSSR count). The van der Waals surface area contributed by atoms with Crippen LogP contribution in [0.1, 0.15) is 33.5 Å². The van der Waals surface area contributed by atoms with Gasteiger partial charge < -0.3 is 4.74 Å². The van der Waals surface area contributed by atoms with Gasteiger partial charge in [-0.15, -0.1) is 0 Å². The smallest absolute Gasteiger partial charge is 0.164 e. The van der Waals surface area contributed by atoms with Crippen LogP contribution in [0.15, 0.2) is 40.9 Å². The minimum absolute atomic E-state index is 0.183. The predicted octanol–water partition coefficient (Wildman–Crippen LogP) is 4.51. The summed E-state index contributed by atoms with van der Waals surface area (Å²) in [5.41, 5.74) is 4.34. The fourth-order valence-corrected chi connectivity index (χ4v) is 3.14. The summed E-state index contributed by atoms with van der Waals surface area (Å²) in [6.07, 6.45) is 2.27. The number of fused-ring (bicyclic) bond motifs is 1. The zero-order valence-electron chi connectivity index (χ0n) is 12.0. The molecule has 21 heavy (non-hydrogen) atoms. The molecule has 0 spiro atoms. The molecule has 2 aromatic carbocycles. The van der Waals surface area contributed by atoms with Crippen LogP contribution in [-0.4, -0.2) is 12.4 Å². The van der Waals surface area contributed by atoms with Crippen LogP contribution in [0.4, 0.5) is 0 Å². The van der Waals surface area contributed by atoms with Gasteiger partial charge in [0.25, 0.3) is 0 Å². The van der Waals surface area contributed by atoms with E-state index >= 15 is 0 Å². The Morgan fingerprint density at radius 3 is 3.00 bits per heavy atom. The summed E-state index contributed by atoms with van der Waals surface area (Å²) in [6.45, 7) is 2.77. The molecule has 1 heterocycles. The van der Waals surface area contributed by atoms with E-state index in [9.17, 15) is 4.79 Å². The minimum atomic E-state index is 0.183. The summed E-state index contributed by atoms with van der Waals surface area (Å²) in [5.74, 6) is 1.17. The number of hydrogen-bond donors (Lipinski definition) is 0. The first-order valence-corrected chi connectivity index (χ1v) is 7.97. The summed E-state index contributed by atoms with van der Waals surface area (Å²) in [5, 5.41) is 0. The van der Waals surface area contributed by atoms with Crippen molar-refractivity contribution in [2.75, 3.05) is 6.61 Å². The molecule has 0 aromatic heterocycles. The van der Waals surface area contributed by atoms with Crippen LogP contribution < -0.4 is 4.74 Å². The van der Waals surface area contributed by atoms with E-state index in [0.29, 0.717) is 6.42 Å². The van der Waals surface area contributed by atoms with Crippen LogP contribution in [0.25, 0.3) is 0 Å². The van der Waals surface area contributed by atoms with Crippen LogP contribution in [0.3, 0.4) is 0 Å². The molecule has 0 aliphatic carbocycles. The Morgan fingerprint density at radius 2 is 2.14 bits per heavy atom. The van der Waals surface area contributed by atoms with Gasteiger partial charge in [-0.3, -0.25) is 4.79 Å². The highest BCUT2D eigenvalue weighted by atomic mass is 79.9. The van der Waals surface area contributed by atoms with Gasteiger partial charge in [-0.2, -0.15) is 0 Å². The molecular weight excluding hydrogens is 328 g/mol. The first kappa shape index (κ1) is 14.3. The third-order valence-corrected chi connectivity index (χ3v) is 4.94. The third-order valence-electron chi connectivity index (χ3n) is 3.89. The molecule has 2 aromatic rings. The molecule has 1 aliphatic heterocycles. The van der Waals surface area contributed by atoms with Crippen LogP contribution in [-0.2, 0) is 12.8 Å². The molecule has 0 radical (unpaired) electrons. The molecule has 2 nitrogen and oxygen atoms in total. The number of carbonyl (C=O) groups excluding carboxylic acids is 1. The SMILES string of the molecule is Cc1cccc(C(=O)CCc2ccc3c(c2)CCO3)c1Br. The van der Waals surface area contributed by atoms with Gasteiger partial charge in [-0.1, -0.05) is 30.3 Å². The summed E-state index contributed by atoms with van der Waals surface area (Å²) in [6, 6.07) is 12.1. The van der Waals surface area contributed by atoms with Crippen molar-refractivity contribution in [3.63, 3.8) is 0 Å². The van der Waals surface area contributed by atoms with Crippen molar-refractivity contribution in [3.05, 3.63) is 63.1 Å². The van der Waals surface area contributed by atoms with Gasteiger partial charge in [0.15, 0.2) is 5.78 Å². The van der Waals surface area contributed by atoms with Gasteiger partial charge in [-0.05, 0) is 52.0 Å². The molecule has 0 atom stereocenters. The molecule has 1 aliphatic rings. The number of benzene rings is 2. The largest absolute Gasteiger partial charge is 0.493 e. The van der Waals surface area contributed by atoms with E-state index in [4.69, 9.17) is 4.74 Å².